The van der Waals surface area contributed by atoms with Gasteiger partial charge in [-0.2, -0.15) is 0 Å². The molecule has 4 unspecified atom stereocenters. The number of hydrogen-bond donors (Lipinski definition) is 11. The van der Waals surface area contributed by atoms with Crippen LogP contribution in [0.15, 0.2) is 0 Å². The first kappa shape index (κ1) is 57.4. The second kappa shape index (κ2) is 27.4. The maximum Gasteiger partial charge on any atom is 1.00 e. The summed E-state index contributed by atoms with van der Waals surface area (Å²) in [6.07, 6.45) is -5.65. The number of carboxylic acid groups (broad SMARTS) is 1. The number of carbonyl (C=O) groups excluding carboxylic acids is 6. The van der Waals surface area contributed by atoms with Crippen molar-refractivity contribution in [2.24, 2.45) is 0 Å². The van der Waals surface area contributed by atoms with Crippen LogP contribution in [0.25, 0.3) is 0 Å². The number of rotatable bonds is 16. The third-order valence-corrected chi connectivity index (χ3v) is 13.8. The second-order valence-corrected chi connectivity index (χ2v) is 17.6. The van der Waals surface area contributed by atoms with E-state index >= 15 is 0 Å². The van der Waals surface area contributed by atoms with Gasteiger partial charge in [-0.15, -0.1) is 0 Å². The molecule has 0 saturated heterocycles. The number of aliphatic hydroxyl groups excluding tert-OH is 6. The number of aliphatic hydroxyl groups is 6. The molecular formula is C31H37I6N6NaO13. The van der Waals surface area contributed by atoms with Gasteiger partial charge in [-0.25, -0.2) is 0 Å². The molecular weight excluding hydrogens is 1450 g/mol. The van der Waals surface area contributed by atoms with Gasteiger partial charge in [-0.3, -0.25) is 24.0 Å². The monoisotopic (exact) mass is 1490 g/mol. The number of halogens is 6. The SMILES string of the molecule is CNC(=O)c1c(I)c(C(=O)NCC(=O)Nc2c(I)c(C(=O)[O-])c(I)c(C(=O)NCCO)c2I)c(I)c(N(C)C(C)=O)c1I.CNCC(O)C(O)C(O)C(O)CO.[Na+]. The van der Waals surface area contributed by atoms with Gasteiger partial charge in [0.15, 0.2) is 0 Å². The van der Waals surface area contributed by atoms with E-state index in [1.54, 1.807) is 74.8 Å². The van der Waals surface area contributed by atoms with Gasteiger partial charge in [0.1, 0.15) is 18.3 Å². The van der Waals surface area contributed by atoms with E-state index in [0.717, 1.165) is 0 Å². The summed E-state index contributed by atoms with van der Waals surface area (Å²) in [6, 6.07) is 0. The third-order valence-electron chi connectivity index (χ3n) is 7.34. The van der Waals surface area contributed by atoms with Crippen LogP contribution in [0.5, 0.6) is 0 Å². The number of likely N-dealkylation sites (N-methyl/N-ethyl adjacent to an activating group) is 1. The van der Waals surface area contributed by atoms with E-state index in [0.29, 0.717) is 16.4 Å². The molecule has 0 bridgehead atoms. The number of nitrogens with zero attached hydrogens (tertiary/aromatic N) is 1. The molecule has 0 aromatic heterocycles. The van der Waals surface area contributed by atoms with E-state index in [1.807, 2.05) is 67.8 Å². The maximum absolute atomic E-state index is 13.4. The van der Waals surface area contributed by atoms with Gasteiger partial charge in [-0.1, -0.05) is 0 Å². The summed E-state index contributed by atoms with van der Waals surface area (Å²) in [5.74, 6) is -4.46. The number of benzene rings is 2. The average molecular weight is 1490 g/mol. The Labute approximate surface area is 430 Å². The molecule has 0 fully saturated rings. The van der Waals surface area contributed by atoms with E-state index in [1.165, 1.54) is 25.9 Å². The zero-order chi connectivity index (χ0) is 43.4. The fourth-order valence-corrected chi connectivity index (χ4v) is 13.6. The number of anilines is 2. The van der Waals surface area contributed by atoms with Crippen molar-refractivity contribution >= 4 is 182 Å². The largest absolute Gasteiger partial charge is 1.00 e. The summed E-state index contributed by atoms with van der Waals surface area (Å²) in [7, 11) is 4.53. The molecule has 312 valence electrons. The maximum atomic E-state index is 13.4. The van der Waals surface area contributed by atoms with Crippen molar-refractivity contribution in [3.8, 4) is 0 Å². The van der Waals surface area contributed by atoms with Crippen LogP contribution < -0.4 is 66.1 Å². The summed E-state index contributed by atoms with van der Waals surface area (Å²) < 4.78 is 1.59. The van der Waals surface area contributed by atoms with Gasteiger partial charge < -0.3 is 72.0 Å². The van der Waals surface area contributed by atoms with Crippen LogP contribution in [0, 0.1) is 21.4 Å². The molecule has 0 saturated carbocycles. The topological polar surface area (TPSA) is 310 Å². The first-order valence-electron chi connectivity index (χ1n) is 15.6. The molecule has 0 radical (unpaired) electrons. The van der Waals surface area contributed by atoms with Crippen molar-refractivity contribution in [2.45, 2.75) is 31.3 Å². The number of hydrogen-bond acceptors (Lipinski definition) is 14. The van der Waals surface area contributed by atoms with Crippen molar-refractivity contribution in [3.63, 3.8) is 0 Å². The predicted molar refractivity (Wildman–Crippen MR) is 251 cm³/mol. The van der Waals surface area contributed by atoms with E-state index in [-0.39, 0.29) is 93.8 Å². The third kappa shape index (κ3) is 15.3. The minimum absolute atomic E-state index is 0. The summed E-state index contributed by atoms with van der Waals surface area (Å²) in [5, 5.41) is 78.6. The van der Waals surface area contributed by atoms with Gasteiger partial charge in [-0.05, 0) is 143 Å². The van der Waals surface area contributed by atoms with Crippen molar-refractivity contribution in [3.05, 3.63) is 43.7 Å². The molecule has 0 heterocycles. The molecule has 0 aliphatic heterocycles. The molecule has 0 aliphatic rings. The number of carbonyl (C=O) groups is 6. The van der Waals surface area contributed by atoms with Gasteiger partial charge in [0.2, 0.25) is 11.8 Å². The molecule has 4 atom stereocenters. The number of nitrogens with one attached hydrogen (secondary N) is 5. The van der Waals surface area contributed by atoms with Crippen LogP contribution in [-0.4, -0.2) is 145 Å². The van der Waals surface area contributed by atoms with Crippen LogP contribution in [0.3, 0.4) is 0 Å². The first-order valence-corrected chi connectivity index (χ1v) is 22.1. The Kier molecular flexibility index (Phi) is 27.6. The molecule has 2 aromatic rings. The van der Waals surface area contributed by atoms with Crippen molar-refractivity contribution in [1.29, 1.82) is 0 Å². The Morgan fingerprint density at radius 3 is 1.61 bits per heavy atom. The minimum atomic E-state index is -1.56. The average Bonchev–Trinajstić information content (AvgIpc) is 3.13. The molecule has 11 N–H and O–H groups in total. The molecule has 2 aromatic carbocycles. The predicted octanol–water partition coefficient (Wildman–Crippen LogP) is -4.24. The van der Waals surface area contributed by atoms with E-state index in [2.05, 4.69) is 26.6 Å². The second-order valence-electron chi connectivity index (χ2n) is 11.1. The van der Waals surface area contributed by atoms with Crippen LogP contribution >= 0.6 is 136 Å². The quantitative estimate of drug-likeness (QED) is 0.0561. The minimum Gasteiger partial charge on any atom is -0.545 e. The fraction of sp³-hybridized carbons (Fsp3) is 0.419. The Morgan fingerprint density at radius 2 is 1.16 bits per heavy atom. The molecule has 19 nitrogen and oxygen atoms in total. The number of aromatic carboxylic acids is 1. The fourth-order valence-electron chi connectivity index (χ4n) is 4.36. The van der Waals surface area contributed by atoms with Crippen molar-refractivity contribution in [1.82, 2.24) is 21.3 Å². The van der Waals surface area contributed by atoms with Gasteiger partial charge >= 0.3 is 29.6 Å². The molecule has 5 amide bonds. The Bertz CT molecular complexity index is 1830. The first-order chi connectivity index (χ1) is 26.1. The Hall–Kier alpha value is 0.360. The standard InChI is InChI=1S/C24H21I6N5O8.C7H17NO5.Na/c1-7(37)35(3)20-17(29)10(21(39)31-2)13(25)11(18(20)30)23(41)33-6-8(38)34-19-15(27)9(22(40)32-4-5-36)14(26)12(16(19)28)24(42)43;1-8-2-4(10)6(12)7(13)5(11)3-9;/h36H,4-6H2,1-3H3,(H,31,39)(H,32,40)(H,33,41)(H,34,38)(H,42,43);4-13H,2-3H2,1H3;/q;;+1/p-1. The Balaban J connectivity index is 0.00000191. The molecule has 2 rings (SSSR count). The Morgan fingerprint density at radius 1 is 0.702 bits per heavy atom. The number of amides is 5. The van der Waals surface area contributed by atoms with E-state index in [4.69, 9.17) is 25.5 Å². The summed E-state index contributed by atoms with van der Waals surface area (Å²) in [4.78, 5) is 77.4. The van der Waals surface area contributed by atoms with Crippen molar-refractivity contribution < 1.29 is 94.1 Å². The van der Waals surface area contributed by atoms with Gasteiger partial charge in [0.25, 0.3) is 17.7 Å². The van der Waals surface area contributed by atoms with E-state index < -0.39 is 67.2 Å². The van der Waals surface area contributed by atoms with Crippen LogP contribution in [0.2, 0.25) is 0 Å². The van der Waals surface area contributed by atoms with Crippen LogP contribution in [-0.2, 0) is 9.59 Å². The van der Waals surface area contributed by atoms with Crippen molar-refractivity contribution in [2.75, 3.05) is 64.2 Å². The molecule has 0 aliphatic carbocycles. The summed E-state index contributed by atoms with van der Waals surface area (Å²) in [6.45, 7) is -0.201. The summed E-state index contributed by atoms with van der Waals surface area (Å²) >= 11 is 11.0. The van der Waals surface area contributed by atoms with Gasteiger partial charge in [0.05, 0.1) is 70.6 Å². The molecule has 57 heavy (non-hydrogen) atoms. The van der Waals surface area contributed by atoms with Crippen LogP contribution in [0.4, 0.5) is 11.4 Å². The normalized spacial score (nSPS) is 12.7. The zero-order valence-corrected chi connectivity index (χ0v) is 45.5. The number of carboxylic acids is 1. The molecule has 0 spiro atoms. The smallest absolute Gasteiger partial charge is 0.545 e. The van der Waals surface area contributed by atoms with Gasteiger partial charge in [0, 0.05) is 50.4 Å². The zero-order valence-electron chi connectivity index (χ0n) is 30.6. The van der Waals surface area contributed by atoms with Crippen LogP contribution in [0.1, 0.15) is 48.4 Å². The molecule has 26 heteroatoms. The van der Waals surface area contributed by atoms with E-state index in [9.17, 15) is 39.0 Å². The summed E-state index contributed by atoms with van der Waals surface area (Å²) in [5.41, 5.74) is 0.317.